The Kier molecular flexibility index (Phi) is 4.95. The number of ether oxygens (including phenoxy) is 4. The maximum absolute atomic E-state index is 13.1. The topological polar surface area (TPSA) is 54.0 Å². The second kappa shape index (κ2) is 7.66. The minimum atomic E-state index is -1.24. The van der Waals surface area contributed by atoms with Gasteiger partial charge < -0.3 is 18.9 Å². The van der Waals surface area contributed by atoms with Crippen LogP contribution in [0.2, 0.25) is 0 Å². The third kappa shape index (κ3) is 3.68. The van der Waals surface area contributed by atoms with Crippen molar-refractivity contribution in [2.75, 3.05) is 6.79 Å². The highest BCUT2D eigenvalue weighted by Crippen LogP contribution is 2.66. The van der Waals surface area contributed by atoms with Gasteiger partial charge in [-0.15, -0.1) is 0 Å². The molecule has 0 N–H and O–H groups in total. The highest BCUT2D eigenvalue weighted by atomic mass is 35.5. The number of fused-ring (bicyclic) bond motifs is 1. The Morgan fingerprint density at radius 3 is 2.42 bits per heavy atom. The molecule has 1 unspecified atom stereocenters. The monoisotopic (exact) mass is 456 g/mol. The average Bonchev–Trinajstić information content (AvgIpc) is 3.11. The molecule has 0 bridgehead atoms. The fraction of sp³-hybridized carbons (Fsp3) is 0.208. The molecule has 0 radical (unpaired) electrons. The van der Waals surface area contributed by atoms with Crippen LogP contribution in [0.3, 0.4) is 0 Å². The van der Waals surface area contributed by atoms with Gasteiger partial charge in [-0.25, -0.2) is 0 Å². The first-order valence-corrected chi connectivity index (χ1v) is 10.5. The highest BCUT2D eigenvalue weighted by Gasteiger charge is 2.73. The average molecular weight is 457 g/mol. The van der Waals surface area contributed by atoms with Gasteiger partial charge in [0.15, 0.2) is 11.5 Å². The largest absolute Gasteiger partial charge is 0.460 e. The van der Waals surface area contributed by atoms with E-state index in [-0.39, 0.29) is 19.8 Å². The maximum atomic E-state index is 13.1. The van der Waals surface area contributed by atoms with Crippen LogP contribution in [0.4, 0.5) is 0 Å². The summed E-state index contributed by atoms with van der Waals surface area (Å²) in [5, 5.41) is 0. The van der Waals surface area contributed by atoms with E-state index in [1.807, 2.05) is 54.6 Å². The third-order valence-electron chi connectivity index (χ3n) is 5.45. The Balaban J connectivity index is 1.31. The molecule has 5 nitrogen and oxygen atoms in total. The maximum Gasteiger partial charge on any atom is 0.320 e. The van der Waals surface area contributed by atoms with Gasteiger partial charge in [-0.05, 0) is 47.5 Å². The van der Waals surface area contributed by atoms with E-state index in [0.717, 1.165) is 11.3 Å². The predicted molar refractivity (Wildman–Crippen MR) is 116 cm³/mol. The summed E-state index contributed by atoms with van der Waals surface area (Å²) in [5.74, 6) is 2.08. The Bertz CT molecular complexity index is 1130. The third-order valence-corrected chi connectivity index (χ3v) is 6.36. The summed E-state index contributed by atoms with van der Waals surface area (Å²) in [4.78, 5) is 13.1. The first kappa shape index (κ1) is 20.0. The molecule has 5 rings (SSSR count). The van der Waals surface area contributed by atoms with Crippen LogP contribution in [0.25, 0.3) is 0 Å². The summed E-state index contributed by atoms with van der Waals surface area (Å²) in [6, 6.07) is 22.1. The molecule has 7 heteroatoms. The van der Waals surface area contributed by atoms with Crippen molar-refractivity contribution in [3.05, 3.63) is 83.9 Å². The lowest BCUT2D eigenvalue weighted by atomic mass is 9.95. The van der Waals surface area contributed by atoms with Crippen LogP contribution in [0.1, 0.15) is 17.5 Å². The molecule has 0 aromatic heterocycles. The molecule has 0 amide bonds. The molecule has 1 atom stereocenters. The fourth-order valence-electron chi connectivity index (χ4n) is 3.70. The molecule has 1 fully saturated rings. The lowest BCUT2D eigenvalue weighted by Crippen LogP contribution is -2.28. The predicted octanol–water partition coefficient (Wildman–Crippen LogP) is 5.77. The van der Waals surface area contributed by atoms with Crippen LogP contribution in [0.15, 0.2) is 72.8 Å². The SMILES string of the molecule is O=C(OCc1cccc(Oc2ccccc2)c1)C1(c2ccc3c(c2)OCO3)CC1(Cl)Cl. The first-order valence-electron chi connectivity index (χ1n) is 9.75. The second-order valence-electron chi connectivity index (χ2n) is 7.49. The van der Waals surface area contributed by atoms with E-state index >= 15 is 0 Å². The van der Waals surface area contributed by atoms with Crippen molar-refractivity contribution in [3.63, 3.8) is 0 Å². The molecule has 2 aliphatic rings. The molecule has 0 spiro atoms. The standard InChI is InChI=1S/C24H18Cl2O5/c25-24(26)14-23(24,17-9-10-20-21(12-17)30-15-29-20)22(27)28-13-16-5-4-8-19(11-16)31-18-6-2-1-3-7-18/h1-12H,13-15H2. The number of halogens is 2. The van der Waals surface area contributed by atoms with Gasteiger partial charge in [0.2, 0.25) is 6.79 Å². The number of hydrogen-bond acceptors (Lipinski definition) is 5. The summed E-state index contributed by atoms with van der Waals surface area (Å²) in [6.45, 7) is 0.214. The van der Waals surface area contributed by atoms with E-state index < -0.39 is 15.7 Å². The van der Waals surface area contributed by atoms with Crippen LogP contribution in [0.5, 0.6) is 23.0 Å². The lowest BCUT2D eigenvalue weighted by Gasteiger charge is -2.18. The van der Waals surface area contributed by atoms with E-state index in [2.05, 4.69) is 0 Å². The first-order chi connectivity index (χ1) is 15.0. The fourth-order valence-corrected chi connectivity index (χ4v) is 4.47. The van der Waals surface area contributed by atoms with Gasteiger partial charge in [-0.3, -0.25) is 4.79 Å². The van der Waals surface area contributed by atoms with E-state index in [4.69, 9.17) is 42.1 Å². The minimum Gasteiger partial charge on any atom is -0.460 e. The molecule has 158 valence electrons. The summed E-state index contributed by atoms with van der Waals surface area (Å²) in [7, 11) is 0. The summed E-state index contributed by atoms with van der Waals surface area (Å²) in [5.41, 5.74) is 0.292. The zero-order chi connectivity index (χ0) is 21.5. The lowest BCUT2D eigenvalue weighted by molar-refractivity contribution is -0.148. The Morgan fingerprint density at radius 1 is 0.903 bits per heavy atom. The van der Waals surface area contributed by atoms with Gasteiger partial charge in [0.05, 0.1) is 0 Å². The van der Waals surface area contributed by atoms with Crippen molar-refractivity contribution in [1.82, 2.24) is 0 Å². The van der Waals surface area contributed by atoms with Gasteiger partial charge in [0.25, 0.3) is 0 Å². The molecule has 3 aromatic rings. The summed E-state index contributed by atoms with van der Waals surface area (Å²) >= 11 is 12.8. The van der Waals surface area contributed by atoms with Crippen molar-refractivity contribution < 1.29 is 23.7 Å². The molecule has 3 aromatic carbocycles. The smallest absolute Gasteiger partial charge is 0.320 e. The van der Waals surface area contributed by atoms with Crippen molar-refractivity contribution in [2.24, 2.45) is 0 Å². The van der Waals surface area contributed by atoms with Crippen LogP contribution in [-0.2, 0) is 21.6 Å². The Hall–Kier alpha value is -2.89. The molecular formula is C24H18Cl2O5. The number of carbonyl (C=O) groups excluding carboxylic acids is 1. The van der Waals surface area contributed by atoms with Crippen molar-refractivity contribution >= 4 is 29.2 Å². The molecule has 31 heavy (non-hydrogen) atoms. The van der Waals surface area contributed by atoms with Crippen molar-refractivity contribution in [1.29, 1.82) is 0 Å². The molecule has 1 heterocycles. The number of para-hydroxylation sites is 1. The Labute approximate surface area is 189 Å². The van der Waals surface area contributed by atoms with Gasteiger partial charge in [0, 0.05) is 6.42 Å². The van der Waals surface area contributed by atoms with Crippen LogP contribution in [0, 0.1) is 0 Å². The molecule has 1 aliphatic heterocycles. The van der Waals surface area contributed by atoms with Crippen molar-refractivity contribution in [2.45, 2.75) is 22.8 Å². The number of esters is 1. The van der Waals surface area contributed by atoms with Crippen LogP contribution >= 0.6 is 23.2 Å². The number of benzene rings is 3. The number of rotatable bonds is 6. The van der Waals surface area contributed by atoms with Crippen LogP contribution in [-0.4, -0.2) is 17.1 Å². The molecular weight excluding hydrogens is 439 g/mol. The van der Waals surface area contributed by atoms with E-state index in [1.165, 1.54) is 0 Å². The summed E-state index contributed by atoms with van der Waals surface area (Å²) in [6.07, 6.45) is 0.263. The quantitative estimate of drug-likeness (QED) is 0.348. The molecule has 1 saturated carbocycles. The second-order valence-corrected chi connectivity index (χ2v) is 8.98. The number of hydrogen-bond donors (Lipinski definition) is 0. The molecule has 1 aliphatic carbocycles. The van der Waals surface area contributed by atoms with Crippen molar-refractivity contribution in [3.8, 4) is 23.0 Å². The van der Waals surface area contributed by atoms with E-state index in [1.54, 1.807) is 18.2 Å². The van der Waals surface area contributed by atoms with E-state index in [0.29, 0.717) is 22.8 Å². The van der Waals surface area contributed by atoms with Gasteiger partial charge in [-0.2, -0.15) is 0 Å². The number of alkyl halides is 2. The van der Waals surface area contributed by atoms with Gasteiger partial charge in [-0.1, -0.05) is 59.6 Å². The van der Waals surface area contributed by atoms with Crippen LogP contribution < -0.4 is 14.2 Å². The Morgan fingerprint density at radius 2 is 1.65 bits per heavy atom. The molecule has 0 saturated heterocycles. The van der Waals surface area contributed by atoms with Gasteiger partial charge in [0.1, 0.15) is 27.9 Å². The van der Waals surface area contributed by atoms with Gasteiger partial charge >= 0.3 is 5.97 Å². The summed E-state index contributed by atoms with van der Waals surface area (Å²) < 4.78 is 21.0. The zero-order valence-corrected chi connectivity index (χ0v) is 17.9. The normalized spacial score (nSPS) is 20.2. The minimum absolute atomic E-state index is 0.0704. The number of carbonyl (C=O) groups is 1. The zero-order valence-electron chi connectivity index (χ0n) is 16.3. The highest BCUT2D eigenvalue weighted by molar-refractivity contribution is 6.54. The van der Waals surface area contributed by atoms with E-state index in [9.17, 15) is 4.79 Å².